The Bertz CT molecular complexity index is 866. The van der Waals surface area contributed by atoms with Crippen LogP contribution >= 0.6 is 0 Å². The van der Waals surface area contributed by atoms with Gasteiger partial charge < -0.3 is 14.1 Å². The molecule has 2 aromatic rings. The first-order valence-electron chi connectivity index (χ1n) is 9.63. The smallest absolute Gasteiger partial charge is 0.291 e. The van der Waals surface area contributed by atoms with Crippen molar-refractivity contribution in [2.75, 3.05) is 19.7 Å². The number of hydrogen-bond acceptors (Lipinski definition) is 6. The molecule has 7 heteroatoms. The lowest BCUT2D eigenvalue weighted by atomic mass is 9.83. The fourth-order valence-electron chi connectivity index (χ4n) is 4.03. The summed E-state index contributed by atoms with van der Waals surface area (Å²) in [4.78, 5) is 28.2. The predicted molar refractivity (Wildman–Crippen MR) is 98.6 cm³/mol. The highest BCUT2D eigenvalue weighted by Gasteiger charge is 2.44. The number of carbonyl (C=O) groups is 1. The fraction of sp³-hybridized carbons (Fsp3) is 0.600. The zero-order chi connectivity index (χ0) is 19.2. The second-order valence-electron chi connectivity index (χ2n) is 7.79. The minimum atomic E-state index is -0.413. The lowest BCUT2D eigenvalue weighted by Gasteiger charge is -2.44. The quantitative estimate of drug-likeness (QED) is 0.808. The van der Waals surface area contributed by atoms with Gasteiger partial charge in [0.05, 0.1) is 18.0 Å². The lowest BCUT2D eigenvalue weighted by molar-refractivity contribution is -0.0971. The van der Waals surface area contributed by atoms with E-state index < -0.39 is 5.60 Å². The summed E-state index contributed by atoms with van der Waals surface area (Å²) in [5.74, 6) is 1.90. The van der Waals surface area contributed by atoms with Crippen LogP contribution in [0.25, 0.3) is 0 Å². The lowest BCUT2D eigenvalue weighted by Crippen LogP contribution is -2.49. The predicted octanol–water partition coefficient (Wildman–Crippen LogP) is 2.91. The molecule has 0 radical (unpaired) electrons. The molecule has 4 rings (SSSR count). The normalized spacial score (nSPS) is 18.8. The molecular formula is C20H26N4O3. The summed E-state index contributed by atoms with van der Waals surface area (Å²) < 4.78 is 11.8. The molecule has 0 aromatic carbocycles. The monoisotopic (exact) mass is 370 g/mol. The van der Waals surface area contributed by atoms with E-state index in [0.717, 1.165) is 30.8 Å². The summed E-state index contributed by atoms with van der Waals surface area (Å²) in [6.07, 6.45) is 4.26. The van der Waals surface area contributed by atoms with E-state index in [0.29, 0.717) is 37.0 Å². The molecule has 1 spiro atoms. The van der Waals surface area contributed by atoms with Gasteiger partial charge in [-0.15, -0.1) is 0 Å². The standard InChI is InChI=1S/C20H26N4O3/c1-12(2)18-21-11-15-5-10-26-20(17(15)23-18)6-8-24(9-7-20)19(25)16-13(3)22-14(4)27-16/h11-12H,5-10H2,1-4H3. The van der Waals surface area contributed by atoms with Crippen molar-refractivity contribution in [3.05, 3.63) is 40.6 Å². The van der Waals surface area contributed by atoms with E-state index in [1.165, 1.54) is 5.56 Å². The molecule has 0 aliphatic carbocycles. The van der Waals surface area contributed by atoms with E-state index in [2.05, 4.69) is 23.8 Å². The Morgan fingerprint density at radius 1 is 1.22 bits per heavy atom. The van der Waals surface area contributed by atoms with Crippen LogP contribution in [-0.4, -0.2) is 45.5 Å². The number of carbonyl (C=O) groups excluding carboxylic acids is 1. The van der Waals surface area contributed by atoms with Crippen LogP contribution in [0.4, 0.5) is 0 Å². The summed E-state index contributed by atoms with van der Waals surface area (Å²) in [6.45, 7) is 9.65. The Hall–Kier alpha value is -2.28. The van der Waals surface area contributed by atoms with Gasteiger partial charge in [0.1, 0.15) is 11.4 Å². The number of nitrogens with zero attached hydrogens (tertiary/aromatic N) is 4. The molecule has 1 saturated heterocycles. The molecule has 0 N–H and O–H groups in total. The van der Waals surface area contributed by atoms with Crippen LogP contribution in [-0.2, 0) is 16.8 Å². The number of likely N-dealkylation sites (tertiary alicyclic amines) is 1. The number of rotatable bonds is 2. The maximum Gasteiger partial charge on any atom is 0.291 e. The average molecular weight is 370 g/mol. The summed E-state index contributed by atoms with van der Waals surface area (Å²) in [6, 6.07) is 0. The molecule has 0 saturated carbocycles. The molecule has 2 aromatic heterocycles. The highest BCUT2D eigenvalue weighted by atomic mass is 16.5. The molecule has 2 aliphatic rings. The number of oxazole rings is 1. The van der Waals surface area contributed by atoms with Gasteiger partial charge in [0.2, 0.25) is 5.76 Å². The van der Waals surface area contributed by atoms with E-state index >= 15 is 0 Å². The second kappa shape index (κ2) is 6.71. The maximum atomic E-state index is 12.8. The summed E-state index contributed by atoms with van der Waals surface area (Å²) >= 11 is 0. The number of piperidine rings is 1. The van der Waals surface area contributed by atoms with Gasteiger partial charge >= 0.3 is 0 Å². The van der Waals surface area contributed by atoms with Gasteiger partial charge in [-0.25, -0.2) is 15.0 Å². The minimum absolute atomic E-state index is 0.0930. The zero-order valence-electron chi connectivity index (χ0n) is 16.4. The van der Waals surface area contributed by atoms with Gasteiger partial charge in [0.15, 0.2) is 5.89 Å². The molecule has 1 amide bonds. The molecule has 0 bridgehead atoms. The highest BCUT2D eigenvalue weighted by Crippen LogP contribution is 2.41. The topological polar surface area (TPSA) is 81.4 Å². The molecular weight excluding hydrogens is 344 g/mol. The van der Waals surface area contributed by atoms with Crippen molar-refractivity contribution in [2.24, 2.45) is 0 Å². The Kier molecular flexibility index (Phi) is 4.50. The van der Waals surface area contributed by atoms with Gasteiger partial charge in [-0.3, -0.25) is 4.79 Å². The van der Waals surface area contributed by atoms with Gasteiger partial charge in [-0.05, 0) is 31.7 Å². The zero-order valence-corrected chi connectivity index (χ0v) is 16.4. The molecule has 7 nitrogen and oxygen atoms in total. The van der Waals surface area contributed by atoms with Crippen LogP contribution in [0, 0.1) is 13.8 Å². The van der Waals surface area contributed by atoms with Crippen molar-refractivity contribution in [1.29, 1.82) is 0 Å². The first kappa shape index (κ1) is 18.1. The van der Waals surface area contributed by atoms with Crippen LogP contribution in [0.1, 0.15) is 71.8 Å². The maximum absolute atomic E-state index is 12.8. The van der Waals surface area contributed by atoms with Crippen LogP contribution in [0.3, 0.4) is 0 Å². The number of aromatic nitrogens is 3. The summed E-state index contributed by atoms with van der Waals surface area (Å²) in [7, 11) is 0. The molecule has 4 heterocycles. The highest BCUT2D eigenvalue weighted by molar-refractivity contribution is 5.92. The number of hydrogen-bond donors (Lipinski definition) is 0. The van der Waals surface area contributed by atoms with E-state index in [1.54, 1.807) is 13.8 Å². The largest absolute Gasteiger partial charge is 0.436 e. The number of amides is 1. The third-order valence-electron chi connectivity index (χ3n) is 5.54. The molecule has 2 aliphatic heterocycles. The number of fused-ring (bicyclic) bond motifs is 2. The third-order valence-corrected chi connectivity index (χ3v) is 5.54. The van der Waals surface area contributed by atoms with Crippen LogP contribution in [0.15, 0.2) is 10.6 Å². The second-order valence-corrected chi connectivity index (χ2v) is 7.79. The first-order chi connectivity index (χ1) is 12.9. The number of ether oxygens (including phenoxy) is 1. The van der Waals surface area contributed by atoms with E-state index in [1.807, 2.05) is 11.1 Å². The van der Waals surface area contributed by atoms with Crippen molar-refractivity contribution in [1.82, 2.24) is 19.9 Å². The van der Waals surface area contributed by atoms with Crippen molar-refractivity contribution in [2.45, 2.75) is 58.5 Å². The van der Waals surface area contributed by atoms with Crippen LogP contribution < -0.4 is 0 Å². The van der Waals surface area contributed by atoms with E-state index in [9.17, 15) is 4.79 Å². The minimum Gasteiger partial charge on any atom is -0.436 e. The Morgan fingerprint density at radius 3 is 2.59 bits per heavy atom. The van der Waals surface area contributed by atoms with E-state index in [-0.39, 0.29) is 11.8 Å². The van der Waals surface area contributed by atoms with Gasteiger partial charge in [0, 0.05) is 32.1 Å². The SMILES string of the molecule is Cc1nc(C)c(C(=O)N2CCC3(CC2)OCCc2cnc(C(C)C)nc23)o1. The molecule has 0 unspecified atom stereocenters. The van der Waals surface area contributed by atoms with Gasteiger partial charge in [-0.1, -0.05) is 13.8 Å². The molecule has 0 atom stereocenters. The van der Waals surface area contributed by atoms with E-state index in [4.69, 9.17) is 14.1 Å². The van der Waals surface area contributed by atoms with Crippen molar-refractivity contribution < 1.29 is 13.9 Å². The average Bonchev–Trinajstić information content (AvgIpc) is 3.00. The Balaban J connectivity index is 1.56. The molecule has 144 valence electrons. The van der Waals surface area contributed by atoms with Gasteiger partial charge in [0.25, 0.3) is 5.91 Å². The first-order valence-corrected chi connectivity index (χ1v) is 9.63. The molecule has 27 heavy (non-hydrogen) atoms. The van der Waals surface area contributed by atoms with Crippen molar-refractivity contribution in [3.8, 4) is 0 Å². The number of aryl methyl sites for hydroxylation is 2. The Morgan fingerprint density at radius 2 is 1.96 bits per heavy atom. The van der Waals surface area contributed by atoms with Crippen LogP contribution in [0.5, 0.6) is 0 Å². The van der Waals surface area contributed by atoms with Crippen molar-refractivity contribution >= 4 is 5.91 Å². The molecule has 1 fully saturated rings. The Labute approximate surface area is 159 Å². The summed E-state index contributed by atoms with van der Waals surface area (Å²) in [5.41, 5.74) is 2.42. The van der Waals surface area contributed by atoms with Crippen molar-refractivity contribution in [3.63, 3.8) is 0 Å². The third kappa shape index (κ3) is 3.14. The van der Waals surface area contributed by atoms with Crippen LogP contribution in [0.2, 0.25) is 0 Å². The fourth-order valence-corrected chi connectivity index (χ4v) is 4.03. The summed E-state index contributed by atoms with van der Waals surface area (Å²) in [5, 5.41) is 0. The van der Waals surface area contributed by atoms with Gasteiger partial charge in [-0.2, -0.15) is 0 Å².